The Morgan fingerprint density at radius 2 is 1.41 bits per heavy atom. The van der Waals surface area contributed by atoms with E-state index in [1.807, 2.05) is 61.5 Å². The minimum atomic E-state index is -1.18. The molecular weight excluding hydrogens is 618 g/mol. The zero-order valence-corrected chi connectivity index (χ0v) is 27.1. The molecule has 2 aliphatic carbocycles. The lowest BCUT2D eigenvalue weighted by atomic mass is 9.51. The molecular formula is C40H35N3O6. The number of imide groups is 2. The molecule has 6 unspecified atom stereocenters. The molecule has 9 nitrogen and oxygen atoms in total. The lowest BCUT2D eigenvalue weighted by molar-refractivity contribution is -0.131. The number of phenolic OH excluding ortho intramolecular Hbond substituents is 1. The van der Waals surface area contributed by atoms with Gasteiger partial charge < -0.3 is 15.2 Å². The van der Waals surface area contributed by atoms with E-state index in [9.17, 15) is 24.3 Å². The molecule has 2 N–H and O–H groups in total. The number of carbonyl (C=O) groups is 4. The van der Waals surface area contributed by atoms with Crippen LogP contribution in [0.15, 0.2) is 115 Å². The maximum Gasteiger partial charge on any atom is 0.241 e. The van der Waals surface area contributed by atoms with Crippen molar-refractivity contribution in [2.75, 3.05) is 22.2 Å². The van der Waals surface area contributed by atoms with E-state index in [-0.39, 0.29) is 41.5 Å². The Kier molecular flexibility index (Phi) is 7.17. The molecule has 4 aromatic carbocycles. The van der Waals surface area contributed by atoms with E-state index in [0.29, 0.717) is 23.4 Å². The summed E-state index contributed by atoms with van der Waals surface area (Å²) in [5.74, 6) is -4.05. The van der Waals surface area contributed by atoms with Gasteiger partial charge >= 0.3 is 0 Å². The monoisotopic (exact) mass is 653 g/mol. The summed E-state index contributed by atoms with van der Waals surface area (Å²) in [6.45, 7) is 1.84. The van der Waals surface area contributed by atoms with Gasteiger partial charge in [0.25, 0.3) is 0 Å². The molecule has 4 amide bonds. The molecule has 8 rings (SSSR count). The lowest BCUT2D eigenvalue weighted by Gasteiger charge is -2.49. The van der Waals surface area contributed by atoms with Crippen LogP contribution in [0.5, 0.6) is 11.5 Å². The first-order chi connectivity index (χ1) is 23.7. The lowest BCUT2D eigenvalue weighted by Crippen LogP contribution is -2.48. The second kappa shape index (κ2) is 11.5. The number of ether oxygens (including phenoxy) is 1. The van der Waals surface area contributed by atoms with Gasteiger partial charge in [-0.05, 0) is 91.9 Å². The summed E-state index contributed by atoms with van der Waals surface area (Å²) < 4.78 is 5.46. The number of carbonyl (C=O) groups excluding carboxylic acids is 4. The third-order valence-electron chi connectivity index (χ3n) is 11.0. The number of fused-ring (bicyclic) bond motifs is 4. The Hall–Kier alpha value is -5.70. The molecule has 4 aliphatic rings. The molecule has 2 heterocycles. The molecule has 1 saturated carbocycles. The first kappa shape index (κ1) is 30.6. The first-order valence-corrected chi connectivity index (χ1v) is 16.5. The largest absolute Gasteiger partial charge is 0.504 e. The van der Waals surface area contributed by atoms with Crippen LogP contribution in [0.25, 0.3) is 0 Å². The van der Waals surface area contributed by atoms with E-state index in [1.165, 1.54) is 23.0 Å². The van der Waals surface area contributed by atoms with Crippen molar-refractivity contribution in [3.05, 3.63) is 120 Å². The zero-order chi connectivity index (χ0) is 34.0. The summed E-state index contributed by atoms with van der Waals surface area (Å²) in [5, 5.41) is 13.8. The van der Waals surface area contributed by atoms with Gasteiger partial charge in [-0.1, -0.05) is 54.1 Å². The van der Waals surface area contributed by atoms with Crippen molar-refractivity contribution in [1.29, 1.82) is 0 Å². The van der Waals surface area contributed by atoms with Gasteiger partial charge in [0.1, 0.15) is 0 Å². The molecule has 0 bridgehead atoms. The van der Waals surface area contributed by atoms with Gasteiger partial charge in [0.15, 0.2) is 11.5 Å². The number of allylic oxidation sites excluding steroid dienone is 2. The van der Waals surface area contributed by atoms with Crippen molar-refractivity contribution in [1.82, 2.24) is 0 Å². The van der Waals surface area contributed by atoms with Gasteiger partial charge in [-0.25, -0.2) is 4.90 Å². The van der Waals surface area contributed by atoms with Crippen LogP contribution in [-0.4, -0.2) is 35.8 Å². The highest BCUT2D eigenvalue weighted by Gasteiger charge is 2.67. The summed E-state index contributed by atoms with van der Waals surface area (Å²) >= 11 is 0. The van der Waals surface area contributed by atoms with Crippen LogP contribution < -0.4 is 19.9 Å². The van der Waals surface area contributed by atoms with Crippen LogP contribution in [0.3, 0.4) is 0 Å². The summed E-state index contributed by atoms with van der Waals surface area (Å²) in [5.41, 5.74) is 3.11. The van der Waals surface area contributed by atoms with Gasteiger partial charge in [-0.3, -0.25) is 24.1 Å². The molecule has 9 heteroatoms. The van der Waals surface area contributed by atoms with E-state index >= 15 is 0 Å². The van der Waals surface area contributed by atoms with E-state index in [1.54, 1.807) is 48.5 Å². The molecule has 3 fully saturated rings. The minimum absolute atomic E-state index is 0.0464. The van der Waals surface area contributed by atoms with Crippen molar-refractivity contribution in [2.24, 2.45) is 29.1 Å². The number of phenols is 1. The zero-order valence-electron chi connectivity index (χ0n) is 27.1. The van der Waals surface area contributed by atoms with Gasteiger partial charge in [-0.2, -0.15) is 0 Å². The number of hydrogen-bond donors (Lipinski definition) is 2. The molecule has 2 aliphatic heterocycles. The Balaban J connectivity index is 1.18. The van der Waals surface area contributed by atoms with Crippen molar-refractivity contribution < 1.29 is 29.0 Å². The van der Waals surface area contributed by atoms with Crippen LogP contribution in [0.4, 0.5) is 22.7 Å². The fourth-order valence-corrected chi connectivity index (χ4v) is 8.73. The Morgan fingerprint density at radius 1 is 0.755 bits per heavy atom. The SMILES string of the molecule is COc1cc(C2C3=CCC4C(=O)N(c5ccc(Nc6ccccc6)cc5)C(=O)C4C3CC3C(=O)N(c4ccccc4)C(=O)C32C)ccc1O. The minimum Gasteiger partial charge on any atom is -0.504 e. The molecule has 2 saturated heterocycles. The second-order valence-corrected chi connectivity index (χ2v) is 13.5. The summed E-state index contributed by atoms with van der Waals surface area (Å²) in [4.78, 5) is 59.9. The molecule has 0 spiro atoms. The average Bonchev–Trinajstić information content (AvgIpc) is 3.49. The average molecular weight is 654 g/mol. The van der Waals surface area contributed by atoms with Gasteiger partial charge in [0, 0.05) is 17.3 Å². The predicted molar refractivity (Wildman–Crippen MR) is 184 cm³/mol. The van der Waals surface area contributed by atoms with Crippen LogP contribution in [0.1, 0.15) is 31.2 Å². The number of rotatable bonds is 6. The molecule has 49 heavy (non-hydrogen) atoms. The quantitative estimate of drug-likeness (QED) is 0.178. The second-order valence-electron chi connectivity index (χ2n) is 13.5. The third-order valence-corrected chi connectivity index (χ3v) is 11.0. The highest BCUT2D eigenvalue weighted by molar-refractivity contribution is 6.25. The number of hydrogen-bond acceptors (Lipinski definition) is 7. The van der Waals surface area contributed by atoms with Crippen molar-refractivity contribution >= 4 is 46.4 Å². The predicted octanol–water partition coefficient (Wildman–Crippen LogP) is 6.58. The number of nitrogens with zero attached hydrogens (tertiary/aromatic N) is 2. The molecule has 0 radical (unpaired) electrons. The summed E-state index contributed by atoms with van der Waals surface area (Å²) in [6.07, 6.45) is 2.61. The number of aromatic hydroxyl groups is 1. The maximum absolute atomic E-state index is 14.5. The molecule has 6 atom stereocenters. The van der Waals surface area contributed by atoms with Crippen molar-refractivity contribution in [2.45, 2.75) is 25.7 Å². The van der Waals surface area contributed by atoms with Crippen LogP contribution in [0.2, 0.25) is 0 Å². The summed E-state index contributed by atoms with van der Waals surface area (Å²) in [6, 6.07) is 30.8. The summed E-state index contributed by atoms with van der Waals surface area (Å²) in [7, 11) is 1.46. The number of para-hydroxylation sites is 2. The van der Waals surface area contributed by atoms with E-state index < -0.39 is 35.0 Å². The number of benzene rings is 4. The molecule has 0 aromatic heterocycles. The van der Waals surface area contributed by atoms with Crippen LogP contribution in [-0.2, 0) is 19.2 Å². The smallest absolute Gasteiger partial charge is 0.241 e. The standard InChI is InChI=1S/C40H35N3O6/c1-40-31(37(46)43(39(40)48)26-11-7-4-8-12-26)22-30-28(35(40)23-13-20-32(44)33(21-23)49-2)18-19-29-34(30)38(47)42(36(29)45)27-16-14-25(15-17-27)41-24-9-5-3-6-10-24/h3-18,20-21,29-31,34-35,41,44H,19,22H2,1-2H3. The maximum atomic E-state index is 14.5. The number of amides is 4. The van der Waals surface area contributed by atoms with Gasteiger partial charge in [0.05, 0.1) is 41.7 Å². The fraction of sp³-hybridized carbons (Fsp3) is 0.250. The number of anilines is 4. The van der Waals surface area contributed by atoms with Crippen LogP contribution in [0, 0.1) is 29.1 Å². The fourth-order valence-electron chi connectivity index (χ4n) is 8.73. The van der Waals surface area contributed by atoms with Crippen molar-refractivity contribution in [3.8, 4) is 11.5 Å². The van der Waals surface area contributed by atoms with Crippen molar-refractivity contribution in [3.63, 3.8) is 0 Å². The van der Waals surface area contributed by atoms with Gasteiger partial charge in [-0.15, -0.1) is 0 Å². The highest BCUT2D eigenvalue weighted by atomic mass is 16.5. The topological polar surface area (TPSA) is 116 Å². The number of nitrogens with one attached hydrogen (secondary N) is 1. The van der Waals surface area contributed by atoms with E-state index in [2.05, 4.69) is 5.32 Å². The number of methoxy groups -OCH3 is 1. The Morgan fingerprint density at radius 3 is 2.10 bits per heavy atom. The van der Waals surface area contributed by atoms with E-state index in [0.717, 1.165) is 16.9 Å². The Labute approximate surface area is 283 Å². The molecule has 246 valence electrons. The Bertz CT molecular complexity index is 2030. The van der Waals surface area contributed by atoms with E-state index in [4.69, 9.17) is 4.74 Å². The highest BCUT2D eigenvalue weighted by Crippen LogP contribution is 2.64. The molecule has 4 aromatic rings. The van der Waals surface area contributed by atoms with Gasteiger partial charge in [0.2, 0.25) is 23.6 Å². The first-order valence-electron chi connectivity index (χ1n) is 16.5. The van der Waals surface area contributed by atoms with Crippen LogP contribution >= 0.6 is 0 Å². The third kappa shape index (κ3) is 4.59. The normalized spacial score (nSPS) is 27.4.